The molecule has 8 aliphatic carbocycles. The summed E-state index contributed by atoms with van der Waals surface area (Å²) in [6.07, 6.45) is 13.9. The SMILES string of the molecule is CCC(=O)OC12CC3CC(C1)C(CC(C)C(=O)OC1C4CC5CC(C4)CC1C5)C(C3)C2. The lowest BCUT2D eigenvalue weighted by molar-refractivity contribution is -0.198. The van der Waals surface area contributed by atoms with E-state index in [-0.39, 0.29) is 29.6 Å². The van der Waals surface area contributed by atoms with Crippen LogP contribution in [0.1, 0.15) is 90.9 Å². The van der Waals surface area contributed by atoms with Gasteiger partial charge in [-0.1, -0.05) is 13.8 Å². The number of hydrogen-bond acceptors (Lipinski definition) is 4. The van der Waals surface area contributed by atoms with E-state index in [1.807, 2.05) is 6.92 Å². The van der Waals surface area contributed by atoms with Crippen molar-refractivity contribution < 1.29 is 19.1 Å². The van der Waals surface area contributed by atoms with Crippen molar-refractivity contribution >= 4 is 11.9 Å². The summed E-state index contributed by atoms with van der Waals surface area (Å²) >= 11 is 0. The summed E-state index contributed by atoms with van der Waals surface area (Å²) in [4.78, 5) is 25.2. The molecular weight excluding hydrogens is 388 g/mol. The summed E-state index contributed by atoms with van der Waals surface area (Å²) in [5.41, 5.74) is -0.190. The van der Waals surface area contributed by atoms with Gasteiger partial charge in [0.05, 0.1) is 5.92 Å². The van der Waals surface area contributed by atoms with Crippen molar-refractivity contribution in [2.75, 3.05) is 0 Å². The molecule has 31 heavy (non-hydrogen) atoms. The van der Waals surface area contributed by atoms with Gasteiger partial charge < -0.3 is 9.47 Å². The number of ether oxygens (including phenoxy) is 2. The Kier molecular flexibility index (Phi) is 4.96. The molecule has 0 radical (unpaired) electrons. The second kappa shape index (κ2) is 7.48. The van der Waals surface area contributed by atoms with Crippen LogP contribution in [0, 0.1) is 53.3 Å². The lowest BCUT2D eigenvalue weighted by atomic mass is 9.49. The number of carbonyl (C=O) groups is 2. The minimum absolute atomic E-state index is 0.00569. The number of hydrogen-bond donors (Lipinski definition) is 0. The van der Waals surface area contributed by atoms with E-state index in [4.69, 9.17) is 9.47 Å². The van der Waals surface area contributed by atoms with Gasteiger partial charge in [-0.05, 0) is 118 Å². The van der Waals surface area contributed by atoms with Gasteiger partial charge in [0.2, 0.25) is 0 Å². The molecule has 4 nitrogen and oxygen atoms in total. The molecule has 0 aromatic heterocycles. The van der Waals surface area contributed by atoms with Crippen molar-refractivity contribution in [3.05, 3.63) is 0 Å². The Hall–Kier alpha value is -1.06. The van der Waals surface area contributed by atoms with Crippen molar-refractivity contribution in [1.29, 1.82) is 0 Å². The fourth-order valence-corrected chi connectivity index (χ4v) is 9.70. The second-order valence-electron chi connectivity index (χ2n) is 12.6. The maximum atomic E-state index is 13.2. The van der Waals surface area contributed by atoms with Crippen LogP contribution in [0.3, 0.4) is 0 Å². The average molecular weight is 429 g/mol. The molecule has 8 saturated carbocycles. The number of rotatable bonds is 6. The summed E-state index contributed by atoms with van der Waals surface area (Å²) in [6.45, 7) is 4.00. The molecule has 8 bridgehead atoms. The largest absolute Gasteiger partial charge is 0.462 e. The molecule has 8 rings (SSSR count). The van der Waals surface area contributed by atoms with Crippen LogP contribution in [0.15, 0.2) is 0 Å². The van der Waals surface area contributed by atoms with Gasteiger partial charge in [-0.2, -0.15) is 0 Å². The Morgan fingerprint density at radius 3 is 2.00 bits per heavy atom. The molecule has 3 unspecified atom stereocenters. The molecule has 8 aliphatic rings. The predicted octanol–water partition coefficient (Wildman–Crippen LogP) is 5.53. The van der Waals surface area contributed by atoms with Crippen molar-refractivity contribution in [3.63, 3.8) is 0 Å². The molecule has 0 spiro atoms. The Morgan fingerprint density at radius 1 is 0.839 bits per heavy atom. The molecular formula is C27H40O4. The molecule has 8 fully saturated rings. The van der Waals surface area contributed by atoms with Gasteiger partial charge in [-0.3, -0.25) is 9.59 Å². The van der Waals surface area contributed by atoms with E-state index in [2.05, 4.69) is 6.92 Å². The summed E-state index contributed by atoms with van der Waals surface area (Å²) in [5.74, 6) is 5.69. The molecule has 0 aromatic rings. The summed E-state index contributed by atoms with van der Waals surface area (Å²) < 4.78 is 12.3. The van der Waals surface area contributed by atoms with Crippen LogP contribution in [0.25, 0.3) is 0 Å². The van der Waals surface area contributed by atoms with Crippen molar-refractivity contribution in [2.24, 2.45) is 53.3 Å². The third kappa shape index (κ3) is 3.55. The van der Waals surface area contributed by atoms with E-state index in [1.54, 1.807) is 0 Å². The van der Waals surface area contributed by atoms with Crippen LogP contribution < -0.4 is 0 Å². The predicted molar refractivity (Wildman–Crippen MR) is 117 cm³/mol. The van der Waals surface area contributed by atoms with Crippen LogP contribution in [-0.4, -0.2) is 23.6 Å². The Labute approximate surface area is 187 Å². The van der Waals surface area contributed by atoms with Crippen LogP contribution in [0.2, 0.25) is 0 Å². The zero-order valence-electron chi connectivity index (χ0n) is 19.4. The molecule has 0 N–H and O–H groups in total. The molecule has 172 valence electrons. The van der Waals surface area contributed by atoms with Crippen molar-refractivity contribution in [2.45, 2.75) is 103 Å². The Balaban J connectivity index is 1.08. The highest BCUT2D eigenvalue weighted by Gasteiger charge is 2.57. The molecule has 3 atom stereocenters. The van der Waals surface area contributed by atoms with E-state index in [0.29, 0.717) is 41.9 Å². The molecule has 0 aliphatic heterocycles. The monoisotopic (exact) mass is 428 g/mol. The summed E-state index contributed by atoms with van der Waals surface area (Å²) in [5, 5.41) is 0. The first-order chi connectivity index (χ1) is 14.9. The fraction of sp³-hybridized carbons (Fsp3) is 0.926. The van der Waals surface area contributed by atoms with Crippen molar-refractivity contribution in [3.8, 4) is 0 Å². The zero-order valence-corrected chi connectivity index (χ0v) is 19.4. The quantitative estimate of drug-likeness (QED) is 0.522. The van der Waals surface area contributed by atoms with E-state index >= 15 is 0 Å². The number of carbonyl (C=O) groups excluding carboxylic acids is 2. The second-order valence-corrected chi connectivity index (χ2v) is 12.6. The van der Waals surface area contributed by atoms with Gasteiger partial charge in [0, 0.05) is 6.42 Å². The van der Waals surface area contributed by atoms with Gasteiger partial charge in [0.1, 0.15) is 11.7 Å². The molecule has 0 aromatic carbocycles. The Bertz CT molecular complexity index is 700. The van der Waals surface area contributed by atoms with Crippen LogP contribution in [-0.2, 0) is 19.1 Å². The molecule has 0 amide bonds. The maximum Gasteiger partial charge on any atom is 0.308 e. The molecule has 0 heterocycles. The topological polar surface area (TPSA) is 52.6 Å². The lowest BCUT2D eigenvalue weighted by Gasteiger charge is -2.59. The summed E-state index contributed by atoms with van der Waals surface area (Å²) in [6, 6.07) is 0. The minimum atomic E-state index is -0.190. The Morgan fingerprint density at radius 2 is 1.42 bits per heavy atom. The lowest BCUT2D eigenvalue weighted by Crippen LogP contribution is -2.56. The molecule has 4 heteroatoms. The average Bonchev–Trinajstić information content (AvgIpc) is 2.71. The summed E-state index contributed by atoms with van der Waals surface area (Å²) in [7, 11) is 0. The minimum Gasteiger partial charge on any atom is -0.462 e. The third-order valence-electron chi connectivity index (χ3n) is 10.5. The van der Waals surface area contributed by atoms with Gasteiger partial charge in [0.15, 0.2) is 0 Å². The normalized spacial score (nSPS) is 49.8. The van der Waals surface area contributed by atoms with E-state index in [1.165, 1.54) is 44.9 Å². The number of esters is 2. The highest BCUT2D eigenvalue weighted by molar-refractivity contribution is 5.72. The zero-order chi connectivity index (χ0) is 21.3. The molecule has 0 saturated heterocycles. The van der Waals surface area contributed by atoms with Crippen LogP contribution in [0.4, 0.5) is 0 Å². The fourth-order valence-electron chi connectivity index (χ4n) is 9.70. The van der Waals surface area contributed by atoms with Crippen LogP contribution in [0.5, 0.6) is 0 Å². The highest BCUT2D eigenvalue weighted by atomic mass is 16.6. The smallest absolute Gasteiger partial charge is 0.308 e. The maximum absolute atomic E-state index is 13.2. The third-order valence-corrected chi connectivity index (χ3v) is 10.5. The van der Waals surface area contributed by atoms with Crippen molar-refractivity contribution in [1.82, 2.24) is 0 Å². The van der Waals surface area contributed by atoms with Gasteiger partial charge in [-0.25, -0.2) is 0 Å². The first-order valence-corrected chi connectivity index (χ1v) is 13.3. The van der Waals surface area contributed by atoms with Crippen LogP contribution >= 0.6 is 0 Å². The first-order valence-electron chi connectivity index (χ1n) is 13.3. The highest BCUT2D eigenvalue weighted by Crippen LogP contribution is 2.61. The van der Waals surface area contributed by atoms with E-state index < -0.39 is 0 Å². The van der Waals surface area contributed by atoms with E-state index in [9.17, 15) is 9.59 Å². The van der Waals surface area contributed by atoms with Gasteiger partial charge >= 0.3 is 11.9 Å². The van der Waals surface area contributed by atoms with Gasteiger partial charge in [0.25, 0.3) is 0 Å². The van der Waals surface area contributed by atoms with E-state index in [0.717, 1.165) is 37.5 Å². The standard InChI is InChI=1S/C27H40O4/c1-3-24(28)31-27-12-18-10-21(13-27)23(22(11-18)14-27)4-15(2)26(29)30-25-19-6-16-5-17(8-19)9-20(25)7-16/h15-23,25H,3-14H2,1-2H3. The first kappa shape index (κ1) is 20.5. The van der Waals surface area contributed by atoms with Gasteiger partial charge in [-0.15, -0.1) is 0 Å².